The molecule has 0 aliphatic heterocycles. The third kappa shape index (κ3) is 4.27. The number of nitrogens with two attached hydrogens (primary N) is 1. The Labute approximate surface area is 121 Å². The first-order valence-corrected chi connectivity index (χ1v) is 6.92. The molecule has 0 saturated heterocycles. The maximum atomic E-state index is 11.2. The van der Waals surface area contributed by atoms with Crippen molar-refractivity contribution in [1.82, 2.24) is 10.4 Å². The van der Waals surface area contributed by atoms with Gasteiger partial charge in [0.25, 0.3) is 5.91 Å². The Balaban J connectivity index is 1.75. The number of hydrazine groups is 1. The van der Waals surface area contributed by atoms with Gasteiger partial charge in [0.1, 0.15) is 0 Å². The number of benzene rings is 1. The van der Waals surface area contributed by atoms with Crippen molar-refractivity contribution in [2.45, 2.75) is 6.61 Å². The zero-order chi connectivity index (χ0) is 14.2. The van der Waals surface area contributed by atoms with Crippen LogP contribution >= 0.6 is 11.3 Å². The van der Waals surface area contributed by atoms with E-state index in [2.05, 4.69) is 4.98 Å². The maximum Gasteiger partial charge on any atom is 0.294 e. The van der Waals surface area contributed by atoms with Crippen LogP contribution in [-0.4, -0.2) is 17.5 Å². The summed E-state index contributed by atoms with van der Waals surface area (Å²) in [5, 5.41) is 2.12. The van der Waals surface area contributed by atoms with E-state index in [1.54, 1.807) is 5.38 Å². The van der Waals surface area contributed by atoms with E-state index in [4.69, 9.17) is 10.6 Å². The summed E-state index contributed by atoms with van der Waals surface area (Å²) >= 11 is 1.24. The van der Waals surface area contributed by atoms with Crippen LogP contribution in [0.3, 0.4) is 0 Å². The van der Waals surface area contributed by atoms with Crippen LogP contribution in [0.25, 0.3) is 6.08 Å². The van der Waals surface area contributed by atoms with Crippen LogP contribution in [-0.2, 0) is 11.3 Å². The first-order valence-electron chi connectivity index (χ1n) is 6.04. The average molecular weight is 289 g/mol. The summed E-state index contributed by atoms with van der Waals surface area (Å²) in [4.78, 5) is 15.3. The van der Waals surface area contributed by atoms with Crippen molar-refractivity contribution in [2.24, 2.45) is 5.84 Å². The minimum absolute atomic E-state index is 0.339. The fraction of sp³-hybridized carbons (Fsp3) is 0.143. The summed E-state index contributed by atoms with van der Waals surface area (Å²) in [6.45, 7) is 0.859. The molecule has 0 spiro atoms. The van der Waals surface area contributed by atoms with E-state index >= 15 is 0 Å². The van der Waals surface area contributed by atoms with Gasteiger partial charge >= 0.3 is 0 Å². The smallest absolute Gasteiger partial charge is 0.294 e. The monoisotopic (exact) mass is 289 g/mol. The van der Waals surface area contributed by atoms with Gasteiger partial charge < -0.3 is 4.74 Å². The van der Waals surface area contributed by atoms with Crippen molar-refractivity contribution in [3.63, 3.8) is 0 Å². The number of nitrogens with zero attached hydrogens (tertiary/aromatic N) is 1. The number of hydrogen-bond acceptors (Lipinski definition) is 5. The van der Waals surface area contributed by atoms with E-state index in [1.165, 1.54) is 11.3 Å². The molecule has 6 heteroatoms. The van der Waals surface area contributed by atoms with Gasteiger partial charge in [-0.3, -0.25) is 10.2 Å². The number of carbonyl (C=O) groups excluding carboxylic acids is 1. The molecule has 20 heavy (non-hydrogen) atoms. The second-order valence-electron chi connectivity index (χ2n) is 3.95. The highest BCUT2D eigenvalue weighted by molar-refractivity contribution is 7.11. The Morgan fingerprint density at radius 1 is 1.40 bits per heavy atom. The van der Waals surface area contributed by atoms with Gasteiger partial charge in [-0.05, 0) is 5.56 Å². The third-order valence-electron chi connectivity index (χ3n) is 2.45. The molecule has 1 heterocycles. The SMILES string of the molecule is NNC(=O)c1nc(COCC=Cc2ccccc2)cs1. The van der Waals surface area contributed by atoms with Crippen LogP contribution in [0.1, 0.15) is 21.1 Å². The number of thiazole rings is 1. The highest BCUT2D eigenvalue weighted by Gasteiger charge is 2.08. The molecule has 0 atom stereocenters. The van der Waals surface area contributed by atoms with Gasteiger partial charge in [-0.25, -0.2) is 10.8 Å². The number of nitrogens with one attached hydrogen (secondary N) is 1. The molecule has 104 valence electrons. The van der Waals surface area contributed by atoms with Crippen molar-refractivity contribution < 1.29 is 9.53 Å². The molecule has 0 radical (unpaired) electrons. The minimum Gasteiger partial charge on any atom is -0.371 e. The van der Waals surface area contributed by atoms with E-state index < -0.39 is 0 Å². The Bertz CT molecular complexity index is 581. The second kappa shape index (κ2) is 7.54. The van der Waals surface area contributed by atoms with E-state index in [0.29, 0.717) is 18.2 Å². The molecule has 1 amide bonds. The standard InChI is InChI=1S/C14H15N3O2S/c15-17-13(18)14-16-12(10-20-14)9-19-8-4-7-11-5-2-1-3-6-11/h1-7,10H,8-9,15H2,(H,17,18). The van der Waals surface area contributed by atoms with Crippen LogP contribution in [0.15, 0.2) is 41.8 Å². The van der Waals surface area contributed by atoms with E-state index in [0.717, 1.165) is 11.3 Å². The molecular formula is C14H15N3O2S. The predicted octanol–water partition coefficient (Wildman–Crippen LogP) is 1.98. The van der Waals surface area contributed by atoms with E-state index in [9.17, 15) is 4.79 Å². The quantitative estimate of drug-likeness (QED) is 0.369. The van der Waals surface area contributed by atoms with Gasteiger partial charge in [-0.2, -0.15) is 0 Å². The highest BCUT2D eigenvalue weighted by atomic mass is 32.1. The summed E-state index contributed by atoms with van der Waals surface area (Å²) in [5.41, 5.74) is 3.90. The largest absolute Gasteiger partial charge is 0.371 e. The minimum atomic E-state index is -0.384. The molecule has 0 fully saturated rings. The van der Waals surface area contributed by atoms with Crippen LogP contribution in [0.5, 0.6) is 0 Å². The molecule has 0 bridgehead atoms. The van der Waals surface area contributed by atoms with Crippen molar-refractivity contribution in [3.05, 3.63) is 58.1 Å². The zero-order valence-electron chi connectivity index (χ0n) is 10.8. The number of aromatic nitrogens is 1. The highest BCUT2D eigenvalue weighted by Crippen LogP contribution is 2.10. The molecule has 0 saturated carbocycles. The Kier molecular flexibility index (Phi) is 5.43. The average Bonchev–Trinajstić information content (AvgIpc) is 2.96. The first kappa shape index (κ1) is 14.4. The molecule has 3 N–H and O–H groups in total. The normalized spacial score (nSPS) is 10.8. The molecule has 2 rings (SSSR count). The third-order valence-corrected chi connectivity index (χ3v) is 3.34. The Morgan fingerprint density at radius 2 is 2.20 bits per heavy atom. The Morgan fingerprint density at radius 3 is 2.95 bits per heavy atom. The van der Waals surface area contributed by atoms with Gasteiger partial charge in [-0.1, -0.05) is 42.5 Å². The predicted molar refractivity (Wildman–Crippen MR) is 78.9 cm³/mol. The van der Waals surface area contributed by atoms with Gasteiger partial charge in [0.15, 0.2) is 5.01 Å². The Hall–Kier alpha value is -2.02. The van der Waals surface area contributed by atoms with Crippen molar-refractivity contribution in [2.75, 3.05) is 6.61 Å². The summed E-state index contributed by atoms with van der Waals surface area (Å²) in [7, 11) is 0. The number of hydrogen-bond donors (Lipinski definition) is 2. The molecule has 0 aliphatic carbocycles. The van der Waals surface area contributed by atoms with Crippen LogP contribution in [0.2, 0.25) is 0 Å². The maximum absolute atomic E-state index is 11.2. The van der Waals surface area contributed by atoms with Crippen molar-refractivity contribution in [3.8, 4) is 0 Å². The second-order valence-corrected chi connectivity index (χ2v) is 4.80. The number of ether oxygens (including phenoxy) is 1. The summed E-state index contributed by atoms with van der Waals surface area (Å²) in [6.07, 6.45) is 3.93. The first-order chi connectivity index (χ1) is 9.79. The van der Waals surface area contributed by atoms with E-state index in [1.807, 2.05) is 47.9 Å². The van der Waals surface area contributed by atoms with Gasteiger partial charge in [-0.15, -0.1) is 11.3 Å². The lowest BCUT2D eigenvalue weighted by molar-refractivity contribution is 0.0952. The summed E-state index contributed by atoms with van der Waals surface area (Å²) in [6, 6.07) is 9.99. The zero-order valence-corrected chi connectivity index (χ0v) is 11.6. The molecule has 0 aliphatic rings. The van der Waals surface area contributed by atoms with Crippen LogP contribution in [0.4, 0.5) is 0 Å². The van der Waals surface area contributed by atoms with Crippen molar-refractivity contribution >= 4 is 23.3 Å². The fourth-order valence-electron chi connectivity index (χ4n) is 1.52. The van der Waals surface area contributed by atoms with Gasteiger partial charge in [0, 0.05) is 5.38 Å². The van der Waals surface area contributed by atoms with Crippen LogP contribution in [0, 0.1) is 0 Å². The number of amides is 1. The summed E-state index contributed by atoms with van der Waals surface area (Å²) < 4.78 is 5.46. The van der Waals surface area contributed by atoms with Crippen LogP contribution < -0.4 is 11.3 Å². The topological polar surface area (TPSA) is 77.2 Å². The van der Waals surface area contributed by atoms with Gasteiger partial charge in [0.05, 0.1) is 18.9 Å². The molecule has 0 unspecified atom stereocenters. The number of rotatable bonds is 6. The molecular weight excluding hydrogens is 274 g/mol. The lowest BCUT2D eigenvalue weighted by Gasteiger charge is -1.97. The number of carbonyl (C=O) groups is 1. The lowest BCUT2D eigenvalue weighted by atomic mass is 10.2. The molecule has 2 aromatic rings. The van der Waals surface area contributed by atoms with Crippen molar-refractivity contribution in [1.29, 1.82) is 0 Å². The summed E-state index contributed by atoms with van der Waals surface area (Å²) in [5.74, 6) is 4.65. The lowest BCUT2D eigenvalue weighted by Crippen LogP contribution is -2.29. The van der Waals surface area contributed by atoms with E-state index in [-0.39, 0.29) is 5.91 Å². The fourth-order valence-corrected chi connectivity index (χ4v) is 2.22. The molecule has 1 aromatic carbocycles. The molecule has 5 nitrogen and oxygen atoms in total. The molecule has 1 aromatic heterocycles. The number of nitrogen functional groups attached to an aromatic ring is 1. The van der Waals surface area contributed by atoms with Gasteiger partial charge in [0.2, 0.25) is 0 Å².